The van der Waals surface area contributed by atoms with Gasteiger partial charge in [0, 0.05) is 11.6 Å². The minimum Gasteiger partial charge on any atom is -0.497 e. The molecule has 0 amide bonds. The van der Waals surface area contributed by atoms with Gasteiger partial charge in [0.15, 0.2) is 0 Å². The Hall–Kier alpha value is -3.38. The van der Waals surface area contributed by atoms with E-state index in [9.17, 15) is 10.1 Å². The van der Waals surface area contributed by atoms with E-state index in [1.807, 2.05) is 6.07 Å². The first-order chi connectivity index (χ1) is 12.1. The molecule has 0 saturated carbocycles. The van der Waals surface area contributed by atoms with Gasteiger partial charge in [0.05, 0.1) is 28.6 Å². The topological polar surface area (TPSA) is 115 Å². The number of ether oxygens (including phenoxy) is 1. The average molecular weight is 354 g/mol. The van der Waals surface area contributed by atoms with Crippen LogP contribution in [0, 0.1) is 21.4 Å². The summed E-state index contributed by atoms with van der Waals surface area (Å²) in [6.45, 7) is 0. The molecule has 2 aromatic carbocycles. The summed E-state index contributed by atoms with van der Waals surface area (Å²) in [5, 5.41) is 28.1. The van der Waals surface area contributed by atoms with Crippen LogP contribution in [0.3, 0.4) is 0 Å². The Kier molecular flexibility index (Phi) is 4.63. The van der Waals surface area contributed by atoms with E-state index in [-0.39, 0.29) is 21.7 Å². The van der Waals surface area contributed by atoms with Crippen molar-refractivity contribution in [2.45, 2.75) is 10.1 Å². The van der Waals surface area contributed by atoms with Crippen molar-refractivity contribution in [3.05, 3.63) is 58.1 Å². The van der Waals surface area contributed by atoms with E-state index in [1.165, 1.54) is 18.2 Å². The maximum Gasteiger partial charge on any atom is 0.283 e. The second-order valence-electron chi connectivity index (χ2n) is 4.76. The smallest absolute Gasteiger partial charge is 0.283 e. The monoisotopic (exact) mass is 354 g/mol. The molecule has 0 bridgehead atoms. The zero-order valence-electron chi connectivity index (χ0n) is 12.9. The first kappa shape index (κ1) is 16.5. The van der Waals surface area contributed by atoms with Crippen molar-refractivity contribution in [2.24, 2.45) is 0 Å². The summed E-state index contributed by atoms with van der Waals surface area (Å²) in [6, 6.07) is 13.1. The second-order valence-corrected chi connectivity index (χ2v) is 5.75. The van der Waals surface area contributed by atoms with Crippen molar-refractivity contribution in [2.75, 3.05) is 7.11 Å². The van der Waals surface area contributed by atoms with Crippen molar-refractivity contribution in [1.82, 2.24) is 10.2 Å². The Morgan fingerprint density at radius 2 is 2.00 bits per heavy atom. The van der Waals surface area contributed by atoms with Crippen molar-refractivity contribution in [3.8, 4) is 23.3 Å². The lowest BCUT2D eigenvalue weighted by molar-refractivity contribution is -0.387. The van der Waals surface area contributed by atoms with Crippen LogP contribution >= 0.6 is 11.8 Å². The van der Waals surface area contributed by atoms with E-state index < -0.39 is 4.92 Å². The summed E-state index contributed by atoms with van der Waals surface area (Å²) in [7, 11) is 1.57. The molecule has 0 aliphatic rings. The highest BCUT2D eigenvalue weighted by Gasteiger charge is 2.19. The lowest BCUT2D eigenvalue weighted by atomic mass is 10.2. The van der Waals surface area contributed by atoms with Gasteiger partial charge in [0.1, 0.15) is 5.75 Å². The van der Waals surface area contributed by atoms with Crippen LogP contribution in [0.15, 0.2) is 57.0 Å². The molecule has 0 radical (unpaired) electrons. The summed E-state index contributed by atoms with van der Waals surface area (Å²) >= 11 is 0.937. The highest BCUT2D eigenvalue weighted by atomic mass is 32.2. The van der Waals surface area contributed by atoms with Gasteiger partial charge in [-0.3, -0.25) is 10.1 Å². The van der Waals surface area contributed by atoms with Gasteiger partial charge >= 0.3 is 0 Å². The molecule has 8 nitrogen and oxygen atoms in total. The normalized spacial score (nSPS) is 10.2. The fraction of sp³-hybridized carbons (Fsp3) is 0.0625. The lowest BCUT2D eigenvalue weighted by Gasteiger charge is -2.00. The van der Waals surface area contributed by atoms with E-state index in [1.54, 1.807) is 31.4 Å². The van der Waals surface area contributed by atoms with Gasteiger partial charge in [-0.2, -0.15) is 5.26 Å². The predicted molar refractivity (Wildman–Crippen MR) is 88.2 cm³/mol. The SMILES string of the molecule is COc1ccc(-c2nnc(Sc3cc(C#N)ccc3[N+](=O)[O-])o2)cc1. The first-order valence-corrected chi connectivity index (χ1v) is 7.76. The molecule has 0 unspecified atom stereocenters. The van der Waals surface area contributed by atoms with Crippen LogP contribution in [0.2, 0.25) is 0 Å². The van der Waals surface area contributed by atoms with Gasteiger partial charge in [0.2, 0.25) is 5.89 Å². The third kappa shape index (κ3) is 3.59. The average Bonchev–Trinajstić information content (AvgIpc) is 3.10. The molecule has 1 aromatic heterocycles. The van der Waals surface area contributed by atoms with E-state index in [0.29, 0.717) is 16.9 Å². The summed E-state index contributed by atoms with van der Waals surface area (Å²) in [5.74, 6) is 0.978. The van der Waals surface area contributed by atoms with Gasteiger partial charge in [-0.15, -0.1) is 10.2 Å². The maximum atomic E-state index is 11.1. The van der Waals surface area contributed by atoms with E-state index >= 15 is 0 Å². The molecule has 124 valence electrons. The van der Waals surface area contributed by atoms with Crippen LogP contribution in [0.1, 0.15) is 5.56 Å². The largest absolute Gasteiger partial charge is 0.497 e. The summed E-state index contributed by atoms with van der Waals surface area (Å²) in [6.07, 6.45) is 0. The number of benzene rings is 2. The summed E-state index contributed by atoms with van der Waals surface area (Å²) in [4.78, 5) is 10.9. The lowest BCUT2D eigenvalue weighted by Crippen LogP contribution is -1.91. The molecule has 3 aromatic rings. The number of methoxy groups -OCH3 is 1. The van der Waals surface area contributed by atoms with Gasteiger partial charge in [0.25, 0.3) is 10.9 Å². The fourth-order valence-corrected chi connectivity index (χ4v) is 2.84. The number of hydrogen-bond donors (Lipinski definition) is 0. The Morgan fingerprint density at radius 1 is 1.24 bits per heavy atom. The molecule has 0 atom stereocenters. The molecular formula is C16H10N4O4S. The number of nitrogens with zero attached hydrogens (tertiary/aromatic N) is 4. The Bertz CT molecular complexity index is 963. The van der Waals surface area contributed by atoms with Gasteiger partial charge < -0.3 is 9.15 Å². The third-order valence-corrected chi connectivity index (χ3v) is 4.11. The van der Waals surface area contributed by atoms with Crippen molar-refractivity contribution >= 4 is 17.4 Å². The Labute approximate surface area is 146 Å². The van der Waals surface area contributed by atoms with E-state index in [4.69, 9.17) is 14.4 Å². The molecular weight excluding hydrogens is 344 g/mol. The van der Waals surface area contributed by atoms with Gasteiger partial charge in [-0.05, 0) is 48.2 Å². The molecule has 0 spiro atoms. The fourth-order valence-electron chi connectivity index (χ4n) is 2.01. The van der Waals surface area contributed by atoms with Crippen molar-refractivity contribution < 1.29 is 14.1 Å². The second kappa shape index (κ2) is 7.02. The van der Waals surface area contributed by atoms with Gasteiger partial charge in [-0.1, -0.05) is 0 Å². The standard InChI is InChI=1S/C16H10N4O4S/c1-23-12-5-3-11(4-6-12)15-18-19-16(24-15)25-14-8-10(9-17)2-7-13(14)20(21)22/h2-8H,1H3. The highest BCUT2D eigenvalue weighted by molar-refractivity contribution is 7.99. The minimum atomic E-state index is -0.524. The van der Waals surface area contributed by atoms with Crippen LogP contribution < -0.4 is 4.74 Å². The van der Waals surface area contributed by atoms with Crippen LogP contribution in [0.5, 0.6) is 5.75 Å². The first-order valence-electron chi connectivity index (χ1n) is 6.95. The molecule has 0 aliphatic heterocycles. The van der Waals surface area contributed by atoms with Crippen LogP contribution in [0.25, 0.3) is 11.5 Å². The van der Waals surface area contributed by atoms with Crippen LogP contribution in [-0.2, 0) is 0 Å². The highest BCUT2D eigenvalue weighted by Crippen LogP contribution is 2.35. The number of aromatic nitrogens is 2. The Balaban J connectivity index is 1.88. The van der Waals surface area contributed by atoms with Crippen LogP contribution in [0.4, 0.5) is 5.69 Å². The number of nitro groups is 1. The molecule has 0 saturated heterocycles. The van der Waals surface area contributed by atoms with E-state index in [0.717, 1.165) is 11.8 Å². The van der Waals surface area contributed by atoms with Crippen molar-refractivity contribution in [3.63, 3.8) is 0 Å². The molecule has 9 heteroatoms. The number of rotatable bonds is 5. The summed E-state index contributed by atoms with van der Waals surface area (Å²) in [5.41, 5.74) is 0.872. The number of hydrogen-bond acceptors (Lipinski definition) is 8. The number of nitriles is 1. The van der Waals surface area contributed by atoms with E-state index in [2.05, 4.69) is 10.2 Å². The molecule has 25 heavy (non-hydrogen) atoms. The summed E-state index contributed by atoms with van der Waals surface area (Å²) < 4.78 is 10.6. The van der Waals surface area contributed by atoms with Crippen molar-refractivity contribution in [1.29, 1.82) is 5.26 Å². The van der Waals surface area contributed by atoms with Crippen LogP contribution in [-0.4, -0.2) is 22.2 Å². The predicted octanol–water partition coefficient (Wildman–Crippen LogP) is 3.68. The molecule has 0 aliphatic carbocycles. The molecule has 1 heterocycles. The maximum absolute atomic E-state index is 11.1. The quantitative estimate of drug-likeness (QED) is 0.503. The Morgan fingerprint density at radius 3 is 2.64 bits per heavy atom. The number of nitro benzene ring substituents is 1. The molecule has 0 fully saturated rings. The molecule has 3 rings (SSSR count). The molecule has 0 N–H and O–H groups in total. The minimum absolute atomic E-state index is 0.131. The third-order valence-electron chi connectivity index (χ3n) is 3.23. The zero-order chi connectivity index (χ0) is 17.8. The zero-order valence-corrected chi connectivity index (χ0v) is 13.7. The van der Waals surface area contributed by atoms with Gasteiger partial charge in [-0.25, -0.2) is 0 Å².